The summed E-state index contributed by atoms with van der Waals surface area (Å²) >= 11 is 0. The number of alkyl halides is 3. The quantitative estimate of drug-likeness (QED) is 0.596. The zero-order valence-corrected chi connectivity index (χ0v) is 19.7. The molecule has 2 unspecified atom stereocenters. The lowest BCUT2D eigenvalue weighted by Crippen LogP contribution is -2.47. The number of hydrogen-bond acceptors (Lipinski definition) is 6. The van der Waals surface area contributed by atoms with E-state index in [0.29, 0.717) is 25.2 Å². The summed E-state index contributed by atoms with van der Waals surface area (Å²) in [6.45, 7) is 4.45. The van der Waals surface area contributed by atoms with Crippen LogP contribution in [0.2, 0.25) is 0 Å². The van der Waals surface area contributed by atoms with Crippen LogP contribution in [0.4, 0.5) is 29.3 Å². The maximum atomic E-state index is 13.5. The zero-order chi connectivity index (χ0) is 25.8. The number of hydrogen-bond donors (Lipinski definition) is 0. The maximum absolute atomic E-state index is 13.5. The average Bonchev–Trinajstić information content (AvgIpc) is 3.44. The van der Waals surface area contributed by atoms with Crippen molar-refractivity contribution in [1.29, 1.82) is 0 Å². The fourth-order valence-corrected chi connectivity index (χ4v) is 4.88. The fourth-order valence-electron chi connectivity index (χ4n) is 4.88. The summed E-state index contributed by atoms with van der Waals surface area (Å²) in [5.74, 6) is -1.32. The van der Waals surface area contributed by atoms with Gasteiger partial charge in [-0.2, -0.15) is 0 Å². The molecule has 0 radical (unpaired) electrons. The third kappa shape index (κ3) is 4.04. The first-order chi connectivity index (χ1) is 17.0. The molecule has 2 aliphatic heterocycles. The van der Waals surface area contributed by atoms with Gasteiger partial charge in [-0.3, -0.25) is 19.5 Å². The fraction of sp³-hybridized carbons (Fsp3) is 0.417. The minimum absolute atomic E-state index is 0.128. The molecule has 1 aliphatic carbocycles. The minimum Gasteiger partial charge on any atom is -0.406 e. The molecule has 2 saturated heterocycles. The van der Waals surface area contributed by atoms with Gasteiger partial charge in [0.15, 0.2) is 0 Å². The molecule has 0 N–H and O–H groups in total. The van der Waals surface area contributed by atoms with E-state index in [1.54, 1.807) is 11.0 Å². The van der Waals surface area contributed by atoms with Crippen LogP contribution >= 0.6 is 0 Å². The van der Waals surface area contributed by atoms with Gasteiger partial charge in [-0.05, 0) is 55.8 Å². The van der Waals surface area contributed by atoms with E-state index >= 15 is 0 Å². The van der Waals surface area contributed by atoms with Crippen LogP contribution in [-0.2, 0) is 4.79 Å². The van der Waals surface area contributed by atoms with E-state index < -0.39 is 29.6 Å². The monoisotopic (exact) mass is 503 g/mol. The van der Waals surface area contributed by atoms with E-state index in [0.717, 1.165) is 30.1 Å². The second-order valence-electron chi connectivity index (χ2n) is 9.32. The van der Waals surface area contributed by atoms with Crippen LogP contribution in [-0.4, -0.2) is 77.8 Å². The Kier molecular flexibility index (Phi) is 5.66. The number of carbonyl (C=O) groups is 3. The SMILES string of the molecule is CC1CC12C(=O)N(c1ccc(OC(F)(F)F)cc1)C(=O)N2c1ccnc(C(=O)N2CCN(C)CC2)c1. The normalized spacial score (nSPS) is 24.6. The molecule has 0 bridgehead atoms. The Labute approximate surface area is 205 Å². The molecule has 2 atom stereocenters. The molecule has 1 aromatic heterocycles. The first-order valence-corrected chi connectivity index (χ1v) is 11.5. The number of carbonyl (C=O) groups excluding carboxylic acids is 3. The van der Waals surface area contributed by atoms with E-state index in [-0.39, 0.29) is 23.2 Å². The minimum atomic E-state index is -4.86. The Bertz CT molecular complexity index is 1210. The predicted molar refractivity (Wildman–Crippen MR) is 123 cm³/mol. The van der Waals surface area contributed by atoms with Crippen molar-refractivity contribution in [1.82, 2.24) is 14.8 Å². The molecule has 1 saturated carbocycles. The van der Waals surface area contributed by atoms with E-state index in [4.69, 9.17) is 0 Å². The summed E-state index contributed by atoms with van der Waals surface area (Å²) in [4.78, 5) is 50.4. The van der Waals surface area contributed by atoms with Gasteiger partial charge in [-0.25, -0.2) is 9.69 Å². The molecule has 36 heavy (non-hydrogen) atoms. The molecule has 2 aromatic rings. The van der Waals surface area contributed by atoms with Crippen molar-refractivity contribution in [3.63, 3.8) is 0 Å². The zero-order valence-electron chi connectivity index (χ0n) is 19.7. The van der Waals surface area contributed by atoms with Crippen molar-refractivity contribution in [2.24, 2.45) is 5.92 Å². The van der Waals surface area contributed by atoms with Gasteiger partial charge >= 0.3 is 12.4 Å². The molecular weight excluding hydrogens is 479 g/mol. The summed E-state index contributed by atoms with van der Waals surface area (Å²) in [5, 5.41) is 0. The highest BCUT2D eigenvalue weighted by Gasteiger charge is 2.70. The lowest BCUT2D eigenvalue weighted by molar-refractivity contribution is -0.274. The van der Waals surface area contributed by atoms with Crippen molar-refractivity contribution >= 4 is 29.2 Å². The van der Waals surface area contributed by atoms with E-state index in [1.807, 2.05) is 14.0 Å². The van der Waals surface area contributed by atoms with Gasteiger partial charge in [0, 0.05) is 32.4 Å². The number of benzene rings is 1. The number of halogens is 3. The number of nitrogens with zero attached hydrogens (tertiary/aromatic N) is 5. The molecule has 1 aromatic carbocycles. The molecule has 5 rings (SSSR count). The van der Waals surface area contributed by atoms with E-state index in [9.17, 15) is 27.6 Å². The van der Waals surface area contributed by atoms with Gasteiger partial charge in [0.2, 0.25) is 0 Å². The number of rotatable bonds is 4. The molecule has 4 amide bonds. The van der Waals surface area contributed by atoms with Crippen molar-refractivity contribution in [2.45, 2.75) is 25.2 Å². The van der Waals surface area contributed by atoms with Gasteiger partial charge < -0.3 is 14.5 Å². The van der Waals surface area contributed by atoms with Gasteiger partial charge in [0.1, 0.15) is 17.0 Å². The lowest BCUT2D eigenvalue weighted by Gasteiger charge is -2.32. The number of piperazine rings is 1. The highest BCUT2D eigenvalue weighted by Crippen LogP contribution is 2.55. The molecule has 9 nitrogen and oxygen atoms in total. The molecule has 3 heterocycles. The number of likely N-dealkylation sites (N-methyl/N-ethyl adjacent to an activating group) is 1. The Morgan fingerprint density at radius 3 is 2.28 bits per heavy atom. The predicted octanol–water partition coefficient (Wildman–Crippen LogP) is 3.12. The molecule has 12 heteroatoms. The van der Waals surface area contributed by atoms with Crippen LogP contribution < -0.4 is 14.5 Å². The van der Waals surface area contributed by atoms with E-state index in [2.05, 4.69) is 14.6 Å². The van der Waals surface area contributed by atoms with Gasteiger partial charge in [-0.15, -0.1) is 13.2 Å². The van der Waals surface area contributed by atoms with Crippen LogP contribution in [0.3, 0.4) is 0 Å². The number of aromatic nitrogens is 1. The lowest BCUT2D eigenvalue weighted by atomic mass is 10.1. The molecule has 3 aliphatic rings. The van der Waals surface area contributed by atoms with Crippen LogP contribution in [0.25, 0.3) is 0 Å². The molecule has 190 valence electrons. The first kappa shape index (κ1) is 24.0. The summed E-state index contributed by atoms with van der Waals surface area (Å²) in [6, 6.07) is 7.01. The van der Waals surface area contributed by atoms with Gasteiger partial charge in [-0.1, -0.05) is 6.92 Å². The van der Waals surface area contributed by atoms with Gasteiger partial charge in [0.25, 0.3) is 11.8 Å². The van der Waals surface area contributed by atoms with Crippen molar-refractivity contribution in [3.8, 4) is 5.75 Å². The van der Waals surface area contributed by atoms with Crippen molar-refractivity contribution in [2.75, 3.05) is 43.0 Å². The summed E-state index contributed by atoms with van der Waals surface area (Å²) in [5.41, 5.74) is -0.450. The Morgan fingerprint density at radius 2 is 1.69 bits per heavy atom. The van der Waals surface area contributed by atoms with Crippen LogP contribution in [0.15, 0.2) is 42.6 Å². The number of imide groups is 1. The number of amides is 4. The van der Waals surface area contributed by atoms with Crippen LogP contribution in [0, 0.1) is 5.92 Å². The maximum Gasteiger partial charge on any atom is 0.573 e. The standard InChI is InChI=1S/C24H24F3N5O4/c1-15-14-23(15)21(34)31(16-3-5-18(6-4-16)36-24(25,26)27)22(35)32(23)17-7-8-28-19(13-17)20(33)30-11-9-29(2)10-12-30/h3-8,13,15H,9-12,14H2,1-2H3. The molecule has 1 spiro atoms. The Hall–Kier alpha value is -3.67. The molecule has 3 fully saturated rings. The second kappa shape index (κ2) is 8.47. The Balaban J connectivity index is 1.43. The summed E-state index contributed by atoms with van der Waals surface area (Å²) < 4.78 is 41.4. The number of anilines is 2. The Morgan fingerprint density at radius 1 is 1.06 bits per heavy atom. The average molecular weight is 503 g/mol. The third-order valence-corrected chi connectivity index (χ3v) is 6.97. The number of pyridine rings is 1. The highest BCUT2D eigenvalue weighted by molar-refractivity contribution is 6.32. The third-order valence-electron chi connectivity index (χ3n) is 6.97. The second-order valence-corrected chi connectivity index (χ2v) is 9.32. The highest BCUT2D eigenvalue weighted by atomic mass is 19.4. The number of ether oxygens (including phenoxy) is 1. The van der Waals surface area contributed by atoms with Crippen LogP contribution in [0.1, 0.15) is 23.8 Å². The van der Waals surface area contributed by atoms with Crippen molar-refractivity contribution < 1.29 is 32.3 Å². The van der Waals surface area contributed by atoms with Crippen LogP contribution in [0.5, 0.6) is 5.75 Å². The number of urea groups is 1. The summed E-state index contributed by atoms with van der Waals surface area (Å²) in [6.07, 6.45) is -3.00. The topological polar surface area (TPSA) is 86.3 Å². The summed E-state index contributed by atoms with van der Waals surface area (Å²) in [7, 11) is 1.98. The smallest absolute Gasteiger partial charge is 0.406 e. The van der Waals surface area contributed by atoms with Gasteiger partial charge in [0.05, 0.1) is 11.4 Å². The molecular formula is C24H24F3N5O4. The van der Waals surface area contributed by atoms with Crippen molar-refractivity contribution in [3.05, 3.63) is 48.3 Å². The first-order valence-electron chi connectivity index (χ1n) is 11.5. The van der Waals surface area contributed by atoms with E-state index in [1.165, 1.54) is 29.3 Å². The largest absolute Gasteiger partial charge is 0.573 e.